The minimum absolute atomic E-state index is 0.00208. The minimum Gasteiger partial charge on any atom is -0.478 e. The molecule has 2 aromatic rings. The molecule has 3 heterocycles. The molecule has 13 heteroatoms. The van der Waals surface area contributed by atoms with Gasteiger partial charge in [-0.2, -0.15) is 11.8 Å². The Morgan fingerprint density at radius 2 is 1.75 bits per heavy atom. The number of benzene rings is 3. The summed E-state index contributed by atoms with van der Waals surface area (Å²) >= 11 is 1.87. The number of fused-ring (bicyclic) bond motifs is 3. The lowest BCUT2D eigenvalue weighted by molar-refractivity contribution is -0.121. The maximum absolute atomic E-state index is 12.7. The molecule has 3 aliphatic heterocycles. The summed E-state index contributed by atoms with van der Waals surface area (Å²) in [5.41, 5.74) is 9.29. The van der Waals surface area contributed by atoms with Crippen molar-refractivity contribution in [3.63, 3.8) is 0 Å². The molecule has 4 amide bonds. The first kappa shape index (κ1) is 32.9. The molecule has 0 bridgehead atoms. The van der Waals surface area contributed by atoms with E-state index in [0.717, 1.165) is 25.0 Å². The molecule has 0 unspecified atom stereocenters. The Bertz CT molecular complexity index is 1910. The highest BCUT2D eigenvalue weighted by Gasteiger charge is 2.42. The van der Waals surface area contributed by atoms with Crippen LogP contribution in [0.4, 0.5) is 10.5 Å². The molecular formula is C35H38N6O6S. The van der Waals surface area contributed by atoms with Crippen LogP contribution in [0, 0.1) is 5.41 Å². The molecule has 250 valence electrons. The van der Waals surface area contributed by atoms with Crippen LogP contribution in [0.2, 0.25) is 0 Å². The van der Waals surface area contributed by atoms with Gasteiger partial charge in [-0.25, -0.2) is 9.59 Å². The van der Waals surface area contributed by atoms with E-state index in [1.54, 1.807) is 48.5 Å². The number of aromatic carboxylic acids is 1. The molecular weight excluding hydrogens is 632 g/mol. The van der Waals surface area contributed by atoms with Crippen LogP contribution in [0.5, 0.6) is 0 Å². The number of thioether (sulfide) groups is 1. The lowest BCUT2D eigenvalue weighted by Crippen LogP contribution is -2.36. The fourth-order valence-corrected chi connectivity index (χ4v) is 7.99. The highest BCUT2D eigenvalue weighted by Crippen LogP contribution is 2.42. The van der Waals surface area contributed by atoms with Gasteiger partial charge in [0.2, 0.25) is 11.8 Å². The van der Waals surface area contributed by atoms with E-state index < -0.39 is 5.97 Å². The second-order valence-electron chi connectivity index (χ2n) is 12.2. The van der Waals surface area contributed by atoms with E-state index in [4.69, 9.17) is 15.6 Å². The molecule has 8 N–H and O–H groups in total. The number of nitrogen functional groups attached to an aromatic ring is 1. The largest absolute Gasteiger partial charge is 0.478 e. The van der Waals surface area contributed by atoms with Crippen molar-refractivity contribution < 1.29 is 28.7 Å². The average Bonchev–Trinajstić information content (AvgIpc) is 3.60. The molecule has 3 atom stereocenters. The van der Waals surface area contributed by atoms with Crippen LogP contribution < -0.4 is 32.4 Å². The summed E-state index contributed by atoms with van der Waals surface area (Å²) in [5, 5.41) is 31.2. The number of amides is 4. The summed E-state index contributed by atoms with van der Waals surface area (Å²) in [6, 6.07) is 15.4. The number of hydrogen-bond donors (Lipinski definition) is 7. The Labute approximate surface area is 281 Å². The summed E-state index contributed by atoms with van der Waals surface area (Å²) in [5.74, 6) is -0.0522. The van der Waals surface area contributed by atoms with Gasteiger partial charge in [-0.15, -0.1) is 0 Å². The summed E-state index contributed by atoms with van der Waals surface area (Å²) in [6.45, 7) is 0.812. The smallest absolute Gasteiger partial charge is 0.336 e. The van der Waals surface area contributed by atoms with Crippen molar-refractivity contribution in [3.8, 4) is 22.5 Å². The van der Waals surface area contributed by atoms with Crippen LogP contribution in [-0.4, -0.2) is 65.1 Å². The van der Waals surface area contributed by atoms with Gasteiger partial charge in [0.05, 0.1) is 29.4 Å². The third-order valence-corrected chi connectivity index (χ3v) is 10.3. The van der Waals surface area contributed by atoms with Crippen LogP contribution in [0.25, 0.3) is 33.4 Å². The highest BCUT2D eigenvalue weighted by molar-refractivity contribution is 8.00. The van der Waals surface area contributed by atoms with Crippen molar-refractivity contribution in [2.24, 2.45) is 0 Å². The van der Waals surface area contributed by atoms with Gasteiger partial charge in [-0.3, -0.25) is 9.59 Å². The van der Waals surface area contributed by atoms with Gasteiger partial charge in [-0.1, -0.05) is 18.6 Å². The minimum atomic E-state index is -1.14. The average molecular weight is 671 g/mol. The molecule has 1 aliphatic carbocycles. The molecule has 4 aliphatic rings. The van der Waals surface area contributed by atoms with E-state index in [1.165, 1.54) is 6.07 Å². The Morgan fingerprint density at radius 1 is 0.958 bits per heavy atom. The summed E-state index contributed by atoms with van der Waals surface area (Å²) < 4.78 is 6.03. The fourth-order valence-electron chi connectivity index (χ4n) is 6.45. The monoisotopic (exact) mass is 670 g/mol. The van der Waals surface area contributed by atoms with E-state index in [0.29, 0.717) is 75.9 Å². The van der Waals surface area contributed by atoms with Crippen molar-refractivity contribution in [2.45, 2.75) is 55.9 Å². The lowest BCUT2D eigenvalue weighted by atomic mass is 9.89. The predicted octanol–water partition coefficient (Wildman–Crippen LogP) is 3.86. The van der Waals surface area contributed by atoms with Crippen LogP contribution in [0.3, 0.4) is 0 Å². The van der Waals surface area contributed by atoms with Crippen molar-refractivity contribution in [1.29, 1.82) is 5.41 Å². The third kappa shape index (κ3) is 7.41. The number of unbranched alkanes of at least 4 members (excludes halogenated alkanes) is 1. The Morgan fingerprint density at radius 3 is 2.56 bits per heavy atom. The number of carboxylic acids is 1. The van der Waals surface area contributed by atoms with Gasteiger partial charge in [0, 0.05) is 64.8 Å². The highest BCUT2D eigenvalue weighted by atomic mass is 32.2. The van der Waals surface area contributed by atoms with Crippen molar-refractivity contribution in [3.05, 3.63) is 71.1 Å². The molecule has 48 heavy (non-hydrogen) atoms. The Hall–Kier alpha value is -5.04. The van der Waals surface area contributed by atoms with Crippen LogP contribution in [0.1, 0.15) is 48.0 Å². The van der Waals surface area contributed by atoms with E-state index in [2.05, 4.69) is 21.3 Å². The molecule has 0 spiro atoms. The van der Waals surface area contributed by atoms with E-state index in [1.807, 2.05) is 11.8 Å². The molecule has 0 saturated carbocycles. The maximum Gasteiger partial charge on any atom is 0.336 e. The van der Waals surface area contributed by atoms with Gasteiger partial charge in [0.15, 0.2) is 0 Å². The van der Waals surface area contributed by atoms with Crippen LogP contribution in [-0.2, 0) is 16.0 Å². The van der Waals surface area contributed by atoms with Gasteiger partial charge < -0.3 is 41.9 Å². The zero-order valence-electron chi connectivity index (χ0n) is 26.3. The SMILES string of the molecule is N=c1ccc2c(-c3ccc(CC(=O)NCCCNC(=O)CCCC[C@@H]4SC[C@@H]5NC(=O)N[C@@H]54)cc3C(=O)O)c3ccc(N)cc3oc-2c1. The molecule has 0 radical (unpaired) electrons. The van der Waals surface area contributed by atoms with Crippen LogP contribution >= 0.6 is 11.8 Å². The number of nitrogens with two attached hydrogens (primary N) is 1. The van der Waals surface area contributed by atoms with E-state index in [9.17, 15) is 24.3 Å². The number of anilines is 1. The number of carbonyl (C=O) groups is 4. The second-order valence-corrected chi connectivity index (χ2v) is 13.5. The standard InChI is InChI=1S/C35H38N6O6S/c36-20-7-10-23-27(16-20)47-28-17-21(37)8-11-24(28)32(23)22-9-6-19(14-25(22)34(44)45)15-31(43)39-13-3-12-38-30(42)5-2-1-4-29-33-26(18-48-29)40-35(46)41-33/h6-11,14,16-17,26,29,33,36H,1-5,12-13,15,18,37H2,(H,38,42)(H,39,43)(H,44,45)(H2,40,41,46)/t26-,29-,33-/m0/s1. The molecule has 6 rings (SSSR count). The van der Waals surface area contributed by atoms with Crippen molar-refractivity contribution in [2.75, 3.05) is 24.6 Å². The number of urea groups is 1. The zero-order chi connectivity index (χ0) is 33.8. The van der Waals surface area contributed by atoms with Crippen molar-refractivity contribution in [1.82, 2.24) is 21.3 Å². The summed E-state index contributed by atoms with van der Waals surface area (Å²) in [6.07, 6.45) is 3.66. The number of carbonyl (C=O) groups excluding carboxylic acids is 3. The second kappa shape index (κ2) is 14.4. The van der Waals surface area contributed by atoms with Crippen LogP contribution in [0.15, 0.2) is 59.0 Å². The summed E-state index contributed by atoms with van der Waals surface area (Å²) in [4.78, 5) is 49.0. The number of hydrogen-bond acceptors (Lipinski definition) is 8. The first-order valence-corrected chi connectivity index (χ1v) is 17.1. The number of nitrogens with one attached hydrogen (secondary N) is 5. The molecule has 2 saturated heterocycles. The summed E-state index contributed by atoms with van der Waals surface area (Å²) in [7, 11) is 0. The first-order chi connectivity index (χ1) is 23.2. The Kier molecular flexibility index (Phi) is 9.85. The lowest BCUT2D eigenvalue weighted by Gasteiger charge is -2.17. The number of rotatable bonds is 13. The normalized spacial score (nSPS) is 18.3. The van der Waals surface area contributed by atoms with E-state index in [-0.39, 0.29) is 47.3 Å². The maximum atomic E-state index is 12.7. The van der Waals surface area contributed by atoms with Crippen molar-refractivity contribution >= 4 is 52.2 Å². The quantitative estimate of drug-likeness (QED) is 0.0481. The van der Waals surface area contributed by atoms with Gasteiger partial charge in [0.1, 0.15) is 11.3 Å². The zero-order valence-corrected chi connectivity index (χ0v) is 27.1. The predicted molar refractivity (Wildman–Crippen MR) is 184 cm³/mol. The fraction of sp³-hybridized carbons (Fsp3) is 0.343. The number of carboxylic acid groups (broad SMARTS) is 1. The third-order valence-electron chi connectivity index (χ3n) is 8.77. The molecule has 0 aromatic heterocycles. The first-order valence-electron chi connectivity index (χ1n) is 16.1. The van der Waals surface area contributed by atoms with Gasteiger partial charge in [-0.05, 0) is 60.7 Å². The Balaban J connectivity index is 0.993. The topological polar surface area (TPSA) is 200 Å². The molecule has 12 nitrogen and oxygen atoms in total. The van der Waals surface area contributed by atoms with E-state index >= 15 is 0 Å². The molecule has 2 fully saturated rings. The van der Waals surface area contributed by atoms with Gasteiger partial charge >= 0.3 is 12.0 Å². The molecule has 2 aromatic carbocycles. The van der Waals surface area contributed by atoms with Gasteiger partial charge in [0.25, 0.3) is 0 Å².